The standard InChI is InChI=1S/2C14H20O5.H2O/c2*1-2-4-14-13(3-1)18-11-9-16-7-5-15-6-8-17-10-12-19-14;/h2*1-4H,5-12H2;1H2. The van der Waals surface area contributed by atoms with Crippen LogP contribution in [-0.4, -0.2) is 111 Å². The van der Waals surface area contributed by atoms with Crippen molar-refractivity contribution < 1.29 is 52.8 Å². The minimum absolute atomic E-state index is 0. The van der Waals surface area contributed by atoms with Crippen molar-refractivity contribution in [3.05, 3.63) is 48.5 Å². The van der Waals surface area contributed by atoms with Gasteiger partial charge in [0.25, 0.3) is 0 Å². The van der Waals surface area contributed by atoms with E-state index >= 15 is 0 Å². The lowest BCUT2D eigenvalue weighted by Crippen LogP contribution is -2.13. The minimum Gasteiger partial charge on any atom is -0.487 e. The number of rotatable bonds is 0. The molecule has 0 spiro atoms. The van der Waals surface area contributed by atoms with Gasteiger partial charge in [-0.3, -0.25) is 0 Å². The van der Waals surface area contributed by atoms with E-state index in [1.807, 2.05) is 48.5 Å². The lowest BCUT2D eigenvalue weighted by molar-refractivity contribution is 0.00708. The Kier molecular flexibility index (Phi) is 18.5. The summed E-state index contributed by atoms with van der Waals surface area (Å²) < 4.78 is 54.8. The monoisotopic (exact) mass is 554 g/mol. The molecule has 0 atom stereocenters. The summed E-state index contributed by atoms with van der Waals surface area (Å²) in [6, 6.07) is 15.2. The molecule has 2 heterocycles. The van der Waals surface area contributed by atoms with Gasteiger partial charge in [0.05, 0.1) is 79.3 Å². The Hall–Kier alpha value is -2.64. The quantitative estimate of drug-likeness (QED) is 0.479. The fourth-order valence-corrected chi connectivity index (χ4v) is 3.30. The number of fused-ring (bicyclic) bond motifs is 2. The zero-order chi connectivity index (χ0) is 26.4. The molecule has 2 aromatic carbocycles. The first-order valence-corrected chi connectivity index (χ1v) is 13.1. The van der Waals surface area contributed by atoms with E-state index < -0.39 is 0 Å². The first kappa shape index (κ1) is 32.6. The predicted octanol–water partition coefficient (Wildman–Crippen LogP) is 2.19. The highest BCUT2D eigenvalue weighted by atomic mass is 16.6. The number of benzene rings is 2. The normalized spacial score (nSPS) is 18.7. The van der Waals surface area contributed by atoms with Gasteiger partial charge in [0, 0.05) is 0 Å². The van der Waals surface area contributed by atoms with E-state index in [9.17, 15) is 0 Å². The van der Waals surface area contributed by atoms with E-state index in [-0.39, 0.29) is 5.48 Å². The molecule has 0 amide bonds. The molecule has 0 bridgehead atoms. The smallest absolute Gasteiger partial charge is 0.161 e. The Morgan fingerprint density at radius 3 is 0.667 bits per heavy atom. The largest absolute Gasteiger partial charge is 0.487 e. The molecule has 2 aliphatic rings. The molecular weight excluding hydrogens is 512 g/mol. The highest BCUT2D eigenvalue weighted by Crippen LogP contribution is 2.27. The van der Waals surface area contributed by atoms with Crippen molar-refractivity contribution in [2.45, 2.75) is 0 Å². The van der Waals surface area contributed by atoms with Crippen LogP contribution in [-0.2, 0) is 28.4 Å². The van der Waals surface area contributed by atoms with Crippen LogP contribution in [0.4, 0.5) is 0 Å². The molecule has 220 valence electrons. The number of hydrogen-bond donors (Lipinski definition) is 0. The van der Waals surface area contributed by atoms with Crippen molar-refractivity contribution in [3.8, 4) is 23.0 Å². The second kappa shape index (κ2) is 22.2. The Morgan fingerprint density at radius 1 is 0.282 bits per heavy atom. The lowest BCUT2D eigenvalue weighted by atomic mass is 10.3. The van der Waals surface area contributed by atoms with Crippen LogP contribution in [0.15, 0.2) is 48.5 Å². The van der Waals surface area contributed by atoms with Gasteiger partial charge < -0.3 is 52.8 Å². The summed E-state index contributed by atoms with van der Waals surface area (Å²) in [6.07, 6.45) is 0. The van der Waals surface area contributed by atoms with Crippen molar-refractivity contribution in [2.24, 2.45) is 0 Å². The Bertz CT molecular complexity index is 716. The van der Waals surface area contributed by atoms with Gasteiger partial charge in [-0.05, 0) is 24.3 Å². The zero-order valence-electron chi connectivity index (χ0n) is 22.5. The summed E-state index contributed by atoms with van der Waals surface area (Å²) in [4.78, 5) is 0. The van der Waals surface area contributed by atoms with Crippen molar-refractivity contribution in [1.29, 1.82) is 0 Å². The summed E-state index contributed by atoms with van der Waals surface area (Å²) in [5.74, 6) is 2.93. The Morgan fingerprint density at radius 2 is 0.462 bits per heavy atom. The first-order valence-electron chi connectivity index (χ1n) is 13.1. The molecule has 4 rings (SSSR count). The Labute approximate surface area is 230 Å². The van der Waals surface area contributed by atoms with Crippen LogP contribution in [0.2, 0.25) is 0 Å². The topological polar surface area (TPSA) is 124 Å². The highest BCUT2D eigenvalue weighted by molar-refractivity contribution is 5.40. The third-order valence-electron chi connectivity index (χ3n) is 5.13. The van der Waals surface area contributed by atoms with E-state index in [2.05, 4.69) is 0 Å². The van der Waals surface area contributed by atoms with Gasteiger partial charge in [-0.25, -0.2) is 0 Å². The molecule has 2 aromatic rings. The van der Waals surface area contributed by atoms with Gasteiger partial charge in [0.1, 0.15) is 26.4 Å². The molecule has 2 aliphatic heterocycles. The highest BCUT2D eigenvalue weighted by Gasteiger charge is 2.06. The first-order chi connectivity index (χ1) is 18.9. The van der Waals surface area contributed by atoms with E-state index in [4.69, 9.17) is 47.4 Å². The second-order valence-electron chi connectivity index (χ2n) is 7.96. The van der Waals surface area contributed by atoms with Crippen LogP contribution in [0.25, 0.3) is 0 Å². The second-order valence-corrected chi connectivity index (χ2v) is 7.96. The molecule has 0 aliphatic carbocycles. The van der Waals surface area contributed by atoms with Crippen LogP contribution in [0.3, 0.4) is 0 Å². The van der Waals surface area contributed by atoms with Crippen LogP contribution in [0.5, 0.6) is 23.0 Å². The summed E-state index contributed by atoms with van der Waals surface area (Å²) in [5.41, 5.74) is 0. The van der Waals surface area contributed by atoms with Crippen molar-refractivity contribution in [2.75, 3.05) is 106 Å². The summed E-state index contributed by atoms with van der Waals surface area (Å²) in [7, 11) is 0. The average molecular weight is 555 g/mol. The molecule has 11 heteroatoms. The third-order valence-corrected chi connectivity index (χ3v) is 5.13. The van der Waals surface area contributed by atoms with Gasteiger partial charge in [0.2, 0.25) is 0 Å². The molecule has 0 saturated heterocycles. The number of ether oxygens (including phenoxy) is 10. The number of hydrogen-bond acceptors (Lipinski definition) is 10. The van der Waals surface area contributed by atoms with Crippen LogP contribution < -0.4 is 18.9 Å². The fraction of sp³-hybridized carbons (Fsp3) is 0.571. The predicted molar refractivity (Wildman–Crippen MR) is 143 cm³/mol. The average Bonchev–Trinajstić information content (AvgIpc) is 2.96. The molecular formula is C28H42O11. The van der Waals surface area contributed by atoms with Crippen molar-refractivity contribution in [3.63, 3.8) is 0 Å². The van der Waals surface area contributed by atoms with Gasteiger partial charge in [0.15, 0.2) is 23.0 Å². The molecule has 2 N–H and O–H groups in total. The van der Waals surface area contributed by atoms with Crippen LogP contribution in [0, 0.1) is 0 Å². The third kappa shape index (κ3) is 14.9. The number of para-hydroxylation sites is 4. The van der Waals surface area contributed by atoms with E-state index in [1.54, 1.807) is 0 Å². The van der Waals surface area contributed by atoms with Crippen molar-refractivity contribution >= 4 is 0 Å². The molecule has 11 nitrogen and oxygen atoms in total. The van der Waals surface area contributed by atoms with Gasteiger partial charge in [-0.15, -0.1) is 0 Å². The minimum atomic E-state index is 0. The molecule has 39 heavy (non-hydrogen) atoms. The maximum atomic E-state index is 5.63. The van der Waals surface area contributed by atoms with Crippen molar-refractivity contribution in [1.82, 2.24) is 0 Å². The van der Waals surface area contributed by atoms with Crippen LogP contribution in [0.1, 0.15) is 0 Å². The zero-order valence-corrected chi connectivity index (χ0v) is 22.5. The summed E-state index contributed by atoms with van der Waals surface area (Å²) >= 11 is 0. The molecule has 0 aromatic heterocycles. The SMILES string of the molecule is O.c1ccc2c(c1)OCCOCCOCCOCCO2.c1ccc2c(c1)OCCOCCOCCOCCO2. The van der Waals surface area contributed by atoms with Crippen LogP contribution >= 0.6 is 0 Å². The van der Waals surface area contributed by atoms with Gasteiger partial charge in [-0.1, -0.05) is 24.3 Å². The van der Waals surface area contributed by atoms with E-state index in [0.29, 0.717) is 106 Å². The van der Waals surface area contributed by atoms with E-state index in [0.717, 1.165) is 23.0 Å². The summed E-state index contributed by atoms with van der Waals surface area (Å²) in [6.45, 7) is 8.73. The fourth-order valence-electron chi connectivity index (χ4n) is 3.30. The molecule has 0 radical (unpaired) electrons. The van der Waals surface area contributed by atoms with Gasteiger partial charge in [-0.2, -0.15) is 0 Å². The molecule has 0 fully saturated rings. The maximum absolute atomic E-state index is 5.63. The Balaban J connectivity index is 0.000000267. The molecule has 0 saturated carbocycles. The molecule has 0 unspecified atom stereocenters. The summed E-state index contributed by atoms with van der Waals surface area (Å²) in [5, 5.41) is 0. The lowest BCUT2D eigenvalue weighted by Gasteiger charge is -2.12. The van der Waals surface area contributed by atoms with Gasteiger partial charge >= 0.3 is 0 Å². The maximum Gasteiger partial charge on any atom is 0.161 e. The van der Waals surface area contributed by atoms with E-state index in [1.165, 1.54) is 0 Å².